The van der Waals surface area contributed by atoms with E-state index >= 15 is 0 Å². The Morgan fingerprint density at radius 3 is 2.59 bits per heavy atom. The molecule has 3 aliphatic heterocycles. The quantitative estimate of drug-likeness (QED) is 0.190. The molecule has 256 valence electrons. The Hall–Kier alpha value is -4.92. The summed E-state index contributed by atoms with van der Waals surface area (Å²) in [6.07, 6.45) is 9.82. The number of allylic oxidation sites excluding steroid dienone is 4. The maximum atomic E-state index is 14.2. The van der Waals surface area contributed by atoms with Crippen molar-refractivity contribution in [1.82, 2.24) is 15.3 Å². The van der Waals surface area contributed by atoms with E-state index in [0.29, 0.717) is 35.4 Å². The summed E-state index contributed by atoms with van der Waals surface area (Å²) >= 11 is 0. The number of carbonyl (C=O) groups is 3. The normalized spacial score (nSPS) is 24.9. The Kier molecular flexibility index (Phi) is 9.13. The van der Waals surface area contributed by atoms with Crippen LogP contribution in [0.2, 0.25) is 0 Å². The van der Waals surface area contributed by atoms with Crippen molar-refractivity contribution < 1.29 is 23.9 Å². The predicted molar refractivity (Wildman–Crippen MR) is 193 cm³/mol. The minimum atomic E-state index is -1.16. The zero-order chi connectivity index (χ0) is 35.3. The minimum absolute atomic E-state index is 0.150. The number of H-pyrrole nitrogens is 2. The molecule has 0 saturated heterocycles. The van der Waals surface area contributed by atoms with Gasteiger partial charge < -0.3 is 24.8 Å². The molecule has 9 heteroatoms. The molecule has 1 unspecified atom stereocenters. The van der Waals surface area contributed by atoms with Crippen molar-refractivity contribution in [2.45, 2.75) is 67.2 Å². The van der Waals surface area contributed by atoms with E-state index in [1.165, 1.54) is 12.7 Å². The van der Waals surface area contributed by atoms with E-state index in [9.17, 15) is 14.4 Å². The van der Waals surface area contributed by atoms with Gasteiger partial charge in [-0.15, -0.1) is 0 Å². The average molecular weight is 663 g/mol. The van der Waals surface area contributed by atoms with E-state index in [1.54, 1.807) is 0 Å². The summed E-state index contributed by atoms with van der Waals surface area (Å²) in [5, 5.41) is 5.30. The molecule has 4 atom stereocenters. The van der Waals surface area contributed by atoms with E-state index in [2.05, 4.69) is 55.3 Å². The van der Waals surface area contributed by atoms with Gasteiger partial charge in [0.15, 0.2) is 5.78 Å². The van der Waals surface area contributed by atoms with Crippen LogP contribution in [-0.2, 0) is 25.5 Å². The van der Waals surface area contributed by atoms with Gasteiger partial charge >= 0.3 is 11.9 Å². The molecule has 0 radical (unpaired) electrons. The van der Waals surface area contributed by atoms with Crippen molar-refractivity contribution in [1.29, 1.82) is 0 Å². The van der Waals surface area contributed by atoms with Crippen molar-refractivity contribution in [3.05, 3.63) is 85.2 Å². The van der Waals surface area contributed by atoms with E-state index in [-0.39, 0.29) is 42.5 Å². The molecule has 1 aliphatic carbocycles. The zero-order valence-electron chi connectivity index (χ0n) is 29.6. The number of aromatic amines is 2. The Bertz CT molecular complexity index is 2060. The molecular formula is C40H46N4O5. The van der Waals surface area contributed by atoms with Gasteiger partial charge in [-0.1, -0.05) is 45.6 Å². The second kappa shape index (κ2) is 13.2. The largest absolute Gasteiger partial charge is 0.468 e. The first-order chi connectivity index (χ1) is 23.4. The summed E-state index contributed by atoms with van der Waals surface area (Å²) in [4.78, 5) is 52.8. The maximum Gasteiger partial charge on any atom is 0.321 e. The highest BCUT2D eigenvalue weighted by Gasteiger charge is 2.48. The van der Waals surface area contributed by atoms with Gasteiger partial charge in [0.05, 0.1) is 18.5 Å². The van der Waals surface area contributed by atoms with Gasteiger partial charge in [0, 0.05) is 86.4 Å². The molecule has 5 heterocycles. The van der Waals surface area contributed by atoms with Crippen LogP contribution < -0.4 is 15.9 Å². The smallest absolute Gasteiger partial charge is 0.321 e. The molecule has 0 aromatic carbocycles. The van der Waals surface area contributed by atoms with Crippen LogP contribution in [0.15, 0.2) is 45.9 Å². The van der Waals surface area contributed by atoms with Crippen molar-refractivity contribution in [3.8, 4) is 0 Å². The summed E-state index contributed by atoms with van der Waals surface area (Å²) in [5.41, 5.74) is 11.1. The van der Waals surface area contributed by atoms with Crippen LogP contribution in [0.1, 0.15) is 92.4 Å². The number of hydrogen-bond donors (Lipinski definition) is 3. The van der Waals surface area contributed by atoms with Gasteiger partial charge in [0.25, 0.3) is 0 Å². The molecule has 9 nitrogen and oxygen atoms in total. The number of aliphatic imine (C=N–C) groups is 1. The van der Waals surface area contributed by atoms with Gasteiger partial charge in [-0.2, -0.15) is 0 Å². The molecule has 0 fully saturated rings. The molecule has 0 spiro atoms. The van der Waals surface area contributed by atoms with Crippen LogP contribution in [0.25, 0.3) is 30.4 Å². The lowest BCUT2D eigenvalue weighted by Crippen LogP contribution is -2.26. The Morgan fingerprint density at radius 1 is 1.16 bits per heavy atom. The predicted octanol–water partition coefficient (Wildman–Crippen LogP) is 5.68. The molecule has 4 aliphatic rings. The first kappa shape index (κ1) is 34.0. The Labute approximate surface area is 287 Å². The lowest BCUT2D eigenvalue weighted by molar-refractivity contribution is -0.143. The molecule has 49 heavy (non-hydrogen) atoms. The fourth-order valence-electron chi connectivity index (χ4n) is 7.79. The number of esters is 2. The summed E-state index contributed by atoms with van der Waals surface area (Å²) < 4.78 is 10.7. The number of ether oxygens (including phenoxy) is 2. The summed E-state index contributed by atoms with van der Waals surface area (Å²) in [5.74, 6) is -2.66. The third-order valence-corrected chi connectivity index (χ3v) is 10.6. The first-order valence-corrected chi connectivity index (χ1v) is 17.1. The summed E-state index contributed by atoms with van der Waals surface area (Å²) in [6.45, 7) is 21.0. The fourth-order valence-corrected chi connectivity index (χ4v) is 7.79. The number of nitrogens with zero attached hydrogens (tertiary/aromatic N) is 1. The molecule has 8 bridgehead atoms. The van der Waals surface area contributed by atoms with Crippen LogP contribution in [0.3, 0.4) is 0 Å². The van der Waals surface area contributed by atoms with Crippen LogP contribution in [-0.4, -0.2) is 47.1 Å². The highest BCUT2D eigenvalue weighted by molar-refractivity contribution is 6.25. The summed E-state index contributed by atoms with van der Waals surface area (Å²) in [6, 6.07) is 0. The van der Waals surface area contributed by atoms with Crippen molar-refractivity contribution in [3.63, 3.8) is 0 Å². The molecule has 6 rings (SSSR count). The number of Topliss-reactive ketones (excluding diaryl/α,β-unsaturated/α-hetero) is 1. The van der Waals surface area contributed by atoms with Crippen molar-refractivity contribution >= 4 is 53.8 Å². The van der Waals surface area contributed by atoms with E-state index in [1.807, 2.05) is 39.0 Å². The monoisotopic (exact) mass is 662 g/mol. The van der Waals surface area contributed by atoms with Gasteiger partial charge in [-0.25, -0.2) is 0 Å². The second-order valence-corrected chi connectivity index (χ2v) is 13.7. The van der Waals surface area contributed by atoms with E-state index < -0.39 is 11.9 Å². The van der Waals surface area contributed by atoms with E-state index in [0.717, 1.165) is 62.2 Å². The molecule has 2 aromatic rings. The molecule has 3 N–H and O–H groups in total. The van der Waals surface area contributed by atoms with Gasteiger partial charge in [0.2, 0.25) is 0 Å². The van der Waals surface area contributed by atoms with E-state index in [4.69, 9.17) is 14.5 Å². The second-order valence-electron chi connectivity index (χ2n) is 13.7. The highest BCUT2D eigenvalue weighted by Crippen LogP contribution is 2.48. The van der Waals surface area contributed by atoms with Crippen LogP contribution in [0.5, 0.6) is 0 Å². The number of ketones is 1. The number of nitrogens with one attached hydrogen (secondary N) is 3. The number of fused-ring (bicyclic) bond motifs is 6. The van der Waals surface area contributed by atoms with Crippen LogP contribution in [0, 0.1) is 30.6 Å². The Balaban J connectivity index is 1.59. The third-order valence-electron chi connectivity index (χ3n) is 10.6. The first-order valence-electron chi connectivity index (χ1n) is 17.1. The third kappa shape index (κ3) is 5.79. The topological polar surface area (TPSA) is 126 Å². The van der Waals surface area contributed by atoms with Crippen molar-refractivity contribution in [2.75, 3.05) is 13.7 Å². The SMILES string of the molecule is C=Cc1c2[nH]c(c1=C)=CC1=N/C(=C3\c4[nH]c(c(C)c4C(=O)[C@@H]3C(=O)OC)CC3=C(CC)C(C)/C(=C/2)N3)[C@@H](CCC(=O)OCC=C(C)C)[C@@H]1C. The highest BCUT2D eigenvalue weighted by atomic mass is 16.5. The van der Waals surface area contributed by atoms with Crippen LogP contribution >= 0.6 is 0 Å². The molecule has 0 amide bonds. The lowest BCUT2D eigenvalue weighted by Gasteiger charge is -2.20. The molecular weight excluding hydrogens is 616 g/mol. The van der Waals surface area contributed by atoms with Crippen LogP contribution in [0.4, 0.5) is 0 Å². The van der Waals surface area contributed by atoms with Gasteiger partial charge in [-0.3, -0.25) is 19.4 Å². The minimum Gasteiger partial charge on any atom is -0.468 e. The number of methoxy groups -OCH3 is 1. The lowest BCUT2D eigenvalue weighted by atomic mass is 9.83. The maximum absolute atomic E-state index is 14.2. The van der Waals surface area contributed by atoms with Crippen molar-refractivity contribution in [2.24, 2.45) is 28.7 Å². The fraction of sp³-hybridized carbons (Fsp3) is 0.400. The number of hydrogen-bond acceptors (Lipinski definition) is 7. The number of rotatable bonds is 8. The Morgan fingerprint density at radius 2 is 1.92 bits per heavy atom. The average Bonchev–Trinajstić information content (AvgIpc) is 3.80. The standard InChI is InChI=1S/C40H46N4O5/c1-10-24-20(5)27-16-29-22(7)26(12-13-33(45)49-15-14-19(3)4)37(43-29)35-36(40(47)48-9)39(46)34-23(8)30(44-38(34)35)18-32-25(11-2)21(6)28(42-32)17-31(24)41-27/h10,14,16-17,21-22,26,36,41-42,44H,1,5,11-13,15,18H2,2-4,6-9H3/b27-16?,28-17-,37-35-/t21?,22-,26-,36+/m0/s1. The molecule has 2 aromatic heterocycles. The number of carbonyl (C=O) groups excluding carboxylic acids is 3. The number of aromatic nitrogens is 2. The zero-order valence-corrected chi connectivity index (χ0v) is 29.6. The summed E-state index contributed by atoms with van der Waals surface area (Å²) in [7, 11) is 1.30. The van der Waals surface area contributed by atoms with Gasteiger partial charge in [-0.05, 0) is 63.0 Å². The molecule has 0 saturated carbocycles. The van der Waals surface area contributed by atoms with Gasteiger partial charge in [0.1, 0.15) is 12.5 Å².